The number of pyridine rings is 1. The van der Waals surface area contributed by atoms with Crippen LogP contribution in [0.15, 0.2) is 49.3 Å². The van der Waals surface area contributed by atoms with Crippen molar-refractivity contribution in [2.24, 2.45) is 0 Å². The summed E-state index contributed by atoms with van der Waals surface area (Å²) in [6, 6.07) is 7.44. The van der Waals surface area contributed by atoms with Crippen molar-refractivity contribution in [2.45, 2.75) is 65.5 Å². The molecule has 242 valence electrons. The second-order valence-corrected chi connectivity index (χ2v) is 12.2. The van der Waals surface area contributed by atoms with E-state index in [0.29, 0.717) is 67.2 Å². The number of hydrogen-bond acceptors (Lipinski definition) is 8. The lowest BCUT2D eigenvalue weighted by Crippen LogP contribution is -2.54. The molecule has 11 nitrogen and oxygen atoms in total. The minimum absolute atomic E-state index is 0.00153. The predicted molar refractivity (Wildman–Crippen MR) is 176 cm³/mol. The number of hydrogen-bond donors (Lipinski definition) is 2. The second-order valence-electron chi connectivity index (χ2n) is 12.2. The van der Waals surface area contributed by atoms with Crippen LogP contribution in [-0.4, -0.2) is 81.2 Å². The predicted octanol–water partition coefficient (Wildman–Crippen LogP) is 4.52. The molecular formula is C35H43N7O4. The maximum Gasteiger partial charge on any atom is 0.257 e. The van der Waals surface area contributed by atoms with E-state index in [4.69, 9.17) is 9.72 Å². The minimum atomic E-state index is -0.513. The van der Waals surface area contributed by atoms with Crippen LogP contribution in [0.1, 0.15) is 87.6 Å². The van der Waals surface area contributed by atoms with Crippen LogP contribution < -0.4 is 15.4 Å². The van der Waals surface area contributed by atoms with E-state index in [0.717, 1.165) is 11.3 Å². The summed E-state index contributed by atoms with van der Waals surface area (Å²) in [4.78, 5) is 56.6. The number of aryl methyl sites for hydroxylation is 3. The first-order valence-corrected chi connectivity index (χ1v) is 15.9. The summed E-state index contributed by atoms with van der Waals surface area (Å²) in [6.07, 6.45) is 6.78. The Bertz CT molecular complexity index is 1620. The third-order valence-corrected chi connectivity index (χ3v) is 8.53. The third kappa shape index (κ3) is 7.59. The van der Waals surface area contributed by atoms with E-state index in [-0.39, 0.29) is 29.3 Å². The number of nitrogens with one attached hydrogen (secondary N) is 2. The molecule has 0 bridgehead atoms. The summed E-state index contributed by atoms with van der Waals surface area (Å²) in [6.45, 7) is 15.7. The molecule has 1 saturated carbocycles. The van der Waals surface area contributed by atoms with E-state index in [9.17, 15) is 14.4 Å². The molecule has 2 atom stereocenters. The summed E-state index contributed by atoms with van der Waals surface area (Å²) < 4.78 is 6.70. The van der Waals surface area contributed by atoms with E-state index < -0.39 is 6.10 Å². The molecule has 0 radical (unpaired) electrons. The quantitative estimate of drug-likeness (QED) is 0.298. The number of nitrogens with zero attached hydrogens (tertiary/aromatic N) is 5. The number of carbonyl (C=O) groups excluding carboxylic acids is 3. The van der Waals surface area contributed by atoms with Gasteiger partial charge in [0.05, 0.1) is 11.3 Å². The lowest BCUT2D eigenvalue weighted by molar-refractivity contribution is -0.130. The summed E-state index contributed by atoms with van der Waals surface area (Å²) >= 11 is 0. The number of anilines is 1. The highest BCUT2D eigenvalue weighted by molar-refractivity contribution is 6.07. The van der Waals surface area contributed by atoms with E-state index in [1.54, 1.807) is 25.3 Å². The second kappa shape index (κ2) is 14.2. The highest BCUT2D eigenvalue weighted by atomic mass is 16.5. The summed E-state index contributed by atoms with van der Waals surface area (Å²) in [7, 11) is 0. The summed E-state index contributed by atoms with van der Waals surface area (Å²) in [5.74, 6) is 1.08. The smallest absolute Gasteiger partial charge is 0.257 e. The monoisotopic (exact) mass is 625 g/mol. The van der Waals surface area contributed by atoms with Crippen molar-refractivity contribution in [1.29, 1.82) is 0 Å². The molecule has 3 amide bonds. The number of amides is 3. The third-order valence-electron chi connectivity index (χ3n) is 8.53. The lowest BCUT2D eigenvalue weighted by atomic mass is 10.0. The van der Waals surface area contributed by atoms with Crippen molar-refractivity contribution in [3.8, 4) is 5.75 Å². The summed E-state index contributed by atoms with van der Waals surface area (Å²) in [5.41, 5.74) is 3.93. The van der Waals surface area contributed by atoms with E-state index in [1.807, 2.05) is 44.9 Å². The van der Waals surface area contributed by atoms with Crippen LogP contribution in [0.3, 0.4) is 0 Å². The maximum atomic E-state index is 13.5. The number of rotatable bonds is 11. The highest BCUT2D eigenvalue weighted by Crippen LogP contribution is 2.40. The van der Waals surface area contributed by atoms with Gasteiger partial charge in [0.2, 0.25) is 5.91 Å². The average Bonchev–Trinajstić information content (AvgIpc) is 3.88. The van der Waals surface area contributed by atoms with Crippen molar-refractivity contribution in [3.63, 3.8) is 0 Å². The molecule has 11 heteroatoms. The van der Waals surface area contributed by atoms with Crippen molar-refractivity contribution in [2.75, 3.05) is 38.0 Å². The Morgan fingerprint density at radius 2 is 1.83 bits per heavy atom. The van der Waals surface area contributed by atoms with Crippen molar-refractivity contribution >= 4 is 23.5 Å². The number of aromatic nitrogens is 3. The topological polar surface area (TPSA) is 130 Å². The molecule has 1 aliphatic carbocycles. The Morgan fingerprint density at radius 1 is 1.04 bits per heavy atom. The largest absolute Gasteiger partial charge is 0.482 e. The molecule has 2 fully saturated rings. The van der Waals surface area contributed by atoms with Crippen molar-refractivity contribution in [1.82, 2.24) is 30.1 Å². The summed E-state index contributed by atoms with van der Waals surface area (Å²) in [5, 5.41) is 5.73. The van der Waals surface area contributed by atoms with E-state index >= 15 is 0 Å². The Morgan fingerprint density at radius 3 is 2.48 bits per heavy atom. The van der Waals surface area contributed by atoms with Gasteiger partial charge in [0.25, 0.3) is 11.8 Å². The molecule has 3 aromatic rings. The van der Waals surface area contributed by atoms with Gasteiger partial charge in [-0.1, -0.05) is 12.6 Å². The fourth-order valence-corrected chi connectivity index (χ4v) is 5.78. The van der Waals surface area contributed by atoms with Gasteiger partial charge in [0.1, 0.15) is 17.4 Å². The first-order valence-electron chi connectivity index (χ1n) is 15.9. The van der Waals surface area contributed by atoms with Gasteiger partial charge in [-0.2, -0.15) is 0 Å². The van der Waals surface area contributed by atoms with Crippen LogP contribution in [0.2, 0.25) is 0 Å². The van der Waals surface area contributed by atoms with Crippen LogP contribution in [0.4, 0.5) is 5.82 Å². The van der Waals surface area contributed by atoms with Crippen LogP contribution in [0, 0.1) is 20.8 Å². The van der Waals surface area contributed by atoms with Crippen LogP contribution in [0.25, 0.3) is 0 Å². The van der Waals surface area contributed by atoms with Gasteiger partial charge in [-0.3, -0.25) is 24.3 Å². The molecular weight excluding hydrogens is 582 g/mol. The maximum absolute atomic E-state index is 13.5. The Balaban J connectivity index is 1.46. The molecule has 2 aromatic heterocycles. The molecule has 1 saturated heterocycles. The van der Waals surface area contributed by atoms with Crippen LogP contribution in [0.5, 0.6) is 5.75 Å². The van der Waals surface area contributed by atoms with Gasteiger partial charge < -0.3 is 20.3 Å². The van der Waals surface area contributed by atoms with Gasteiger partial charge in [-0.25, -0.2) is 9.97 Å². The zero-order valence-corrected chi connectivity index (χ0v) is 27.3. The van der Waals surface area contributed by atoms with E-state index in [2.05, 4.69) is 38.1 Å². The molecule has 1 aliphatic heterocycles. The Kier molecular flexibility index (Phi) is 10.1. The number of piperazine rings is 1. The normalized spacial score (nSPS) is 17.2. The minimum Gasteiger partial charge on any atom is -0.482 e. The zero-order chi connectivity index (χ0) is 33.0. The van der Waals surface area contributed by atoms with Crippen LogP contribution >= 0.6 is 0 Å². The van der Waals surface area contributed by atoms with Gasteiger partial charge in [0, 0.05) is 62.3 Å². The molecule has 0 spiro atoms. The molecule has 2 aliphatic rings. The number of benzene rings is 1. The van der Waals surface area contributed by atoms with E-state index in [1.165, 1.54) is 24.5 Å². The molecule has 5 rings (SSSR count). The van der Waals surface area contributed by atoms with Crippen molar-refractivity contribution in [3.05, 3.63) is 88.6 Å². The zero-order valence-electron chi connectivity index (χ0n) is 27.3. The number of carbonyl (C=O) groups is 3. The number of ether oxygens (including phenoxy) is 1. The van der Waals surface area contributed by atoms with Crippen LogP contribution in [-0.2, 0) is 4.79 Å². The first-order chi connectivity index (χ1) is 22.1. The average molecular weight is 626 g/mol. The SMILES string of the molecule is C=CC(=O)N1CCN(C[C@@H](Oc2cc(C)c(C(=O)Nc3nc(C)ncc3C)cc2C(=O)NCC)c2ccc(C3CC3)cn2)C[C@H]1C. The van der Waals surface area contributed by atoms with Gasteiger partial charge in [-0.15, -0.1) is 0 Å². The lowest BCUT2D eigenvalue weighted by Gasteiger charge is -2.40. The molecule has 46 heavy (non-hydrogen) atoms. The van der Waals surface area contributed by atoms with Gasteiger partial charge >= 0.3 is 0 Å². The van der Waals surface area contributed by atoms with Gasteiger partial charge in [0.15, 0.2) is 6.10 Å². The first kappa shape index (κ1) is 32.7. The Labute approximate surface area is 270 Å². The molecule has 3 heterocycles. The Hall–Kier alpha value is -4.64. The van der Waals surface area contributed by atoms with Gasteiger partial charge in [-0.05, 0) is 88.8 Å². The standard InChI is InChI=1S/C35H43N7O4/c1-7-32(43)42-14-13-41(19-23(42)5)20-31(29-12-11-26(18-38-29)25-9-10-25)46-30-15-21(3)27(16-28(30)34(44)36-8-2)35(45)40-33-22(4)17-37-24(6)39-33/h7,11-12,15-18,23,25,31H,1,8-10,13-14,19-20H2,2-6H3,(H,36,44)(H,37,39,40,45)/t23-,31-/m1/s1. The molecule has 1 aromatic carbocycles. The highest BCUT2D eigenvalue weighted by Gasteiger charge is 2.31. The molecule has 2 N–H and O–H groups in total. The fraction of sp³-hybridized carbons (Fsp3) is 0.429. The fourth-order valence-electron chi connectivity index (χ4n) is 5.78. The van der Waals surface area contributed by atoms with Crippen molar-refractivity contribution < 1.29 is 19.1 Å². The molecule has 0 unspecified atom stereocenters.